The lowest BCUT2D eigenvalue weighted by molar-refractivity contribution is -0.145. The number of benzene rings is 2. The standard InChI is InChI=1S/C21H25NO4/c1-2-25-21(24)14-26-20-10-6-9-16-11-19(23)18(12-17(16)20)22-13-15-7-4-3-5-8-15/h3-10,18-19,22-23H,2,11-14H2,1H3. The third kappa shape index (κ3) is 4.62. The fourth-order valence-electron chi connectivity index (χ4n) is 3.29. The second kappa shape index (κ2) is 8.83. The molecular weight excluding hydrogens is 330 g/mol. The zero-order chi connectivity index (χ0) is 18.4. The number of hydrogen-bond donors (Lipinski definition) is 2. The molecule has 1 aliphatic carbocycles. The molecule has 138 valence electrons. The monoisotopic (exact) mass is 355 g/mol. The summed E-state index contributed by atoms with van der Waals surface area (Å²) >= 11 is 0. The van der Waals surface area contributed by atoms with Crippen LogP contribution in [0.25, 0.3) is 0 Å². The Balaban J connectivity index is 1.67. The summed E-state index contributed by atoms with van der Waals surface area (Å²) in [6.45, 7) is 2.71. The molecule has 0 heterocycles. The van der Waals surface area contributed by atoms with Gasteiger partial charge in [-0.2, -0.15) is 0 Å². The van der Waals surface area contributed by atoms with Crippen LogP contribution in [-0.2, 0) is 28.9 Å². The number of aliphatic hydroxyl groups is 1. The SMILES string of the molecule is CCOC(=O)COc1cccc2c1CC(NCc1ccccc1)C(O)C2. The highest BCUT2D eigenvalue weighted by molar-refractivity contribution is 5.71. The van der Waals surface area contributed by atoms with E-state index in [1.165, 1.54) is 5.56 Å². The van der Waals surface area contributed by atoms with E-state index in [1.807, 2.05) is 36.4 Å². The lowest BCUT2D eigenvalue weighted by atomic mass is 9.85. The molecule has 0 aromatic heterocycles. The number of fused-ring (bicyclic) bond motifs is 1. The van der Waals surface area contributed by atoms with Gasteiger partial charge < -0.3 is 19.9 Å². The van der Waals surface area contributed by atoms with Gasteiger partial charge in [0.25, 0.3) is 0 Å². The average Bonchev–Trinajstić information content (AvgIpc) is 2.65. The first-order valence-corrected chi connectivity index (χ1v) is 9.02. The Labute approximate surface area is 153 Å². The van der Waals surface area contributed by atoms with Crippen molar-refractivity contribution in [2.75, 3.05) is 13.2 Å². The van der Waals surface area contributed by atoms with Gasteiger partial charge in [0.1, 0.15) is 5.75 Å². The summed E-state index contributed by atoms with van der Waals surface area (Å²) in [5.74, 6) is 0.314. The summed E-state index contributed by atoms with van der Waals surface area (Å²) in [6.07, 6.45) is 0.771. The van der Waals surface area contributed by atoms with Crippen molar-refractivity contribution >= 4 is 5.97 Å². The molecule has 0 saturated carbocycles. The molecule has 0 bridgehead atoms. The third-order valence-corrected chi connectivity index (χ3v) is 4.61. The van der Waals surface area contributed by atoms with E-state index in [4.69, 9.17) is 9.47 Å². The minimum Gasteiger partial charge on any atom is -0.482 e. The highest BCUT2D eigenvalue weighted by atomic mass is 16.6. The van der Waals surface area contributed by atoms with E-state index >= 15 is 0 Å². The van der Waals surface area contributed by atoms with Crippen molar-refractivity contribution < 1.29 is 19.4 Å². The molecular formula is C21H25NO4. The number of rotatable bonds is 7. The maximum Gasteiger partial charge on any atom is 0.344 e. The maximum absolute atomic E-state index is 11.6. The molecule has 3 rings (SSSR count). The molecule has 2 unspecified atom stereocenters. The molecule has 1 aliphatic rings. The van der Waals surface area contributed by atoms with Gasteiger partial charge in [-0.15, -0.1) is 0 Å². The van der Waals surface area contributed by atoms with Gasteiger partial charge in [0.2, 0.25) is 0 Å². The number of carbonyl (C=O) groups is 1. The molecule has 26 heavy (non-hydrogen) atoms. The number of carbonyl (C=O) groups excluding carboxylic acids is 1. The van der Waals surface area contributed by atoms with E-state index in [1.54, 1.807) is 6.92 Å². The highest BCUT2D eigenvalue weighted by Crippen LogP contribution is 2.30. The number of ether oxygens (including phenoxy) is 2. The van der Waals surface area contributed by atoms with Crippen LogP contribution in [0.4, 0.5) is 0 Å². The van der Waals surface area contributed by atoms with E-state index in [9.17, 15) is 9.90 Å². The predicted molar refractivity (Wildman–Crippen MR) is 99.1 cm³/mol. The number of hydrogen-bond acceptors (Lipinski definition) is 5. The van der Waals surface area contributed by atoms with Crippen molar-refractivity contribution in [2.24, 2.45) is 0 Å². The largest absolute Gasteiger partial charge is 0.482 e. The molecule has 0 fully saturated rings. The van der Waals surface area contributed by atoms with Gasteiger partial charge in [0.15, 0.2) is 6.61 Å². The molecule has 0 spiro atoms. The fourth-order valence-corrected chi connectivity index (χ4v) is 3.29. The van der Waals surface area contributed by atoms with Gasteiger partial charge in [-0.25, -0.2) is 4.79 Å². The predicted octanol–water partition coefficient (Wildman–Crippen LogP) is 2.25. The van der Waals surface area contributed by atoms with Crippen molar-refractivity contribution in [1.29, 1.82) is 0 Å². The average molecular weight is 355 g/mol. The Hall–Kier alpha value is -2.37. The Bertz CT molecular complexity index is 732. The van der Waals surface area contributed by atoms with Crippen LogP contribution < -0.4 is 10.1 Å². The van der Waals surface area contributed by atoms with Crippen molar-refractivity contribution in [3.05, 3.63) is 65.2 Å². The summed E-state index contributed by atoms with van der Waals surface area (Å²) in [5, 5.41) is 13.9. The van der Waals surface area contributed by atoms with Crippen LogP contribution in [0, 0.1) is 0 Å². The van der Waals surface area contributed by atoms with Gasteiger partial charge in [0, 0.05) is 19.0 Å². The van der Waals surface area contributed by atoms with Gasteiger partial charge in [-0.05, 0) is 36.1 Å². The van der Waals surface area contributed by atoms with Crippen molar-refractivity contribution in [3.63, 3.8) is 0 Å². The van der Waals surface area contributed by atoms with Crippen molar-refractivity contribution in [2.45, 2.75) is 38.5 Å². The zero-order valence-electron chi connectivity index (χ0n) is 15.0. The fraction of sp³-hybridized carbons (Fsp3) is 0.381. The Morgan fingerprint density at radius 3 is 2.73 bits per heavy atom. The summed E-state index contributed by atoms with van der Waals surface area (Å²) in [6, 6.07) is 15.8. The summed E-state index contributed by atoms with van der Waals surface area (Å²) < 4.78 is 10.6. The van der Waals surface area contributed by atoms with E-state index < -0.39 is 6.10 Å². The smallest absolute Gasteiger partial charge is 0.344 e. The number of nitrogens with one attached hydrogen (secondary N) is 1. The lowest BCUT2D eigenvalue weighted by Gasteiger charge is -2.31. The normalized spacial score (nSPS) is 18.8. The van der Waals surface area contributed by atoms with Crippen molar-refractivity contribution in [1.82, 2.24) is 5.32 Å². The molecule has 2 N–H and O–H groups in total. The first kappa shape index (κ1) is 18.4. The van der Waals surface area contributed by atoms with Crippen LogP contribution in [0.5, 0.6) is 5.75 Å². The Morgan fingerprint density at radius 2 is 1.96 bits per heavy atom. The molecule has 0 saturated heterocycles. The minimum atomic E-state index is -0.452. The molecule has 0 amide bonds. The minimum absolute atomic E-state index is 0.0601. The highest BCUT2D eigenvalue weighted by Gasteiger charge is 2.28. The quantitative estimate of drug-likeness (QED) is 0.746. The van der Waals surface area contributed by atoms with Crippen LogP contribution in [0.3, 0.4) is 0 Å². The van der Waals surface area contributed by atoms with E-state index in [-0.39, 0.29) is 18.6 Å². The van der Waals surface area contributed by atoms with Gasteiger partial charge in [-0.3, -0.25) is 0 Å². The Kier molecular flexibility index (Phi) is 6.26. The zero-order valence-corrected chi connectivity index (χ0v) is 15.0. The molecule has 2 aromatic carbocycles. The van der Waals surface area contributed by atoms with Gasteiger partial charge in [0.05, 0.1) is 12.7 Å². The van der Waals surface area contributed by atoms with Crippen LogP contribution >= 0.6 is 0 Å². The van der Waals surface area contributed by atoms with Crippen LogP contribution in [-0.4, -0.2) is 36.4 Å². The molecule has 2 atom stereocenters. The Morgan fingerprint density at radius 1 is 1.15 bits per heavy atom. The number of aliphatic hydroxyl groups excluding tert-OH is 1. The first-order valence-electron chi connectivity index (χ1n) is 9.02. The molecule has 0 radical (unpaired) electrons. The van der Waals surface area contributed by atoms with E-state index in [0.29, 0.717) is 31.7 Å². The first-order chi connectivity index (χ1) is 12.7. The lowest BCUT2D eigenvalue weighted by Crippen LogP contribution is -2.45. The molecule has 5 nitrogen and oxygen atoms in total. The van der Waals surface area contributed by atoms with Crippen molar-refractivity contribution in [3.8, 4) is 5.75 Å². The van der Waals surface area contributed by atoms with Crippen LogP contribution in [0.1, 0.15) is 23.6 Å². The summed E-state index contributed by atoms with van der Waals surface area (Å²) in [7, 11) is 0. The molecule has 0 aliphatic heterocycles. The molecule has 2 aromatic rings. The number of esters is 1. The maximum atomic E-state index is 11.6. The van der Waals surface area contributed by atoms with Gasteiger partial charge >= 0.3 is 5.97 Å². The summed E-state index contributed by atoms with van der Waals surface area (Å²) in [5.41, 5.74) is 3.29. The topological polar surface area (TPSA) is 67.8 Å². The summed E-state index contributed by atoms with van der Waals surface area (Å²) in [4.78, 5) is 11.6. The van der Waals surface area contributed by atoms with E-state index in [2.05, 4.69) is 17.4 Å². The van der Waals surface area contributed by atoms with Crippen LogP contribution in [0.15, 0.2) is 48.5 Å². The van der Waals surface area contributed by atoms with Gasteiger partial charge in [-0.1, -0.05) is 42.5 Å². The third-order valence-electron chi connectivity index (χ3n) is 4.61. The second-order valence-corrected chi connectivity index (χ2v) is 6.44. The molecule has 5 heteroatoms. The van der Waals surface area contributed by atoms with E-state index in [0.717, 1.165) is 11.1 Å². The van der Waals surface area contributed by atoms with Crippen LogP contribution in [0.2, 0.25) is 0 Å². The second-order valence-electron chi connectivity index (χ2n) is 6.44.